The van der Waals surface area contributed by atoms with E-state index in [-0.39, 0.29) is 18.1 Å². The fourth-order valence-corrected chi connectivity index (χ4v) is 4.86. The topological polar surface area (TPSA) is 104 Å². The highest BCUT2D eigenvalue weighted by Gasteiger charge is 2.32. The van der Waals surface area contributed by atoms with Crippen molar-refractivity contribution in [2.24, 2.45) is 5.73 Å². The van der Waals surface area contributed by atoms with Gasteiger partial charge in [-0.2, -0.15) is 5.26 Å². The molecule has 2 N–H and O–H groups in total. The Morgan fingerprint density at radius 2 is 1.78 bits per heavy atom. The van der Waals surface area contributed by atoms with Crippen LogP contribution < -0.4 is 24.7 Å². The summed E-state index contributed by atoms with van der Waals surface area (Å²) in [6.45, 7) is 4.40. The minimum Gasteiger partial charge on any atom is -0.490 e. The molecule has 0 saturated carbocycles. The zero-order valence-corrected chi connectivity index (χ0v) is 23.3. The quantitative estimate of drug-likeness (QED) is 0.180. The molecule has 4 aromatic carbocycles. The monoisotopic (exact) mass is 566 g/mol. The van der Waals surface area contributed by atoms with Gasteiger partial charge in [0.05, 0.1) is 18.1 Å². The molecular formula is C33H27ClN2O5. The van der Waals surface area contributed by atoms with E-state index in [2.05, 4.69) is 6.07 Å². The van der Waals surface area contributed by atoms with Crippen LogP contribution in [0.4, 0.5) is 0 Å². The number of halogens is 1. The normalized spacial score (nSPS) is 14.0. The van der Waals surface area contributed by atoms with Crippen molar-refractivity contribution < 1.29 is 23.7 Å². The van der Waals surface area contributed by atoms with Crippen LogP contribution in [0, 0.1) is 18.3 Å². The maximum Gasteiger partial charge on any atom is 0.343 e. The Kier molecular flexibility index (Phi) is 8.14. The lowest BCUT2D eigenvalue weighted by Gasteiger charge is -2.27. The number of hydrogen-bond acceptors (Lipinski definition) is 7. The van der Waals surface area contributed by atoms with E-state index in [4.69, 9.17) is 36.3 Å². The first kappa shape index (κ1) is 27.6. The highest BCUT2D eigenvalue weighted by molar-refractivity contribution is 6.31. The molecule has 1 aliphatic heterocycles. The first-order chi connectivity index (χ1) is 19.9. The number of rotatable bonds is 8. The average molecular weight is 567 g/mol. The third-order valence-electron chi connectivity index (χ3n) is 6.71. The van der Waals surface area contributed by atoms with Gasteiger partial charge in [0.2, 0.25) is 5.88 Å². The molecule has 0 saturated heterocycles. The summed E-state index contributed by atoms with van der Waals surface area (Å²) in [4.78, 5) is 12.8. The van der Waals surface area contributed by atoms with E-state index in [1.54, 1.807) is 36.4 Å². The maximum absolute atomic E-state index is 12.8. The van der Waals surface area contributed by atoms with Gasteiger partial charge in [-0.15, -0.1) is 0 Å². The van der Waals surface area contributed by atoms with Crippen molar-refractivity contribution in [3.63, 3.8) is 0 Å². The van der Waals surface area contributed by atoms with Crippen LogP contribution >= 0.6 is 11.6 Å². The number of fused-ring (bicyclic) bond motifs is 1. The summed E-state index contributed by atoms with van der Waals surface area (Å²) in [7, 11) is 0. The lowest BCUT2D eigenvalue weighted by Crippen LogP contribution is -2.21. The van der Waals surface area contributed by atoms with Gasteiger partial charge in [-0.1, -0.05) is 60.1 Å². The molecule has 1 unspecified atom stereocenters. The van der Waals surface area contributed by atoms with Crippen molar-refractivity contribution in [1.82, 2.24) is 0 Å². The number of nitriles is 1. The Morgan fingerprint density at radius 3 is 2.54 bits per heavy atom. The van der Waals surface area contributed by atoms with Crippen molar-refractivity contribution >= 4 is 17.6 Å². The largest absolute Gasteiger partial charge is 0.490 e. The number of hydrogen-bond donors (Lipinski definition) is 1. The van der Waals surface area contributed by atoms with E-state index in [1.165, 1.54) is 0 Å². The first-order valence-electron chi connectivity index (χ1n) is 13.0. The average Bonchev–Trinajstić information content (AvgIpc) is 2.97. The number of carbonyl (C=O) groups is 1. The molecule has 0 amide bonds. The van der Waals surface area contributed by atoms with Gasteiger partial charge in [0.1, 0.15) is 29.7 Å². The zero-order valence-electron chi connectivity index (χ0n) is 22.5. The molecule has 0 aromatic heterocycles. The Labute approximate surface area is 243 Å². The molecule has 4 aromatic rings. The molecule has 1 heterocycles. The molecule has 0 radical (unpaired) electrons. The minimum atomic E-state index is -0.540. The lowest BCUT2D eigenvalue weighted by molar-refractivity contribution is 0.0733. The SMILES string of the molecule is CCOc1cc(C2C(C#N)=C(N)Oc3cc(OC(=O)c4ccccc4C)ccc32)ccc1OCc1ccccc1Cl. The van der Waals surface area contributed by atoms with Gasteiger partial charge in [-0.05, 0) is 55.3 Å². The van der Waals surface area contributed by atoms with Crippen LogP contribution in [0.25, 0.3) is 0 Å². The third kappa shape index (κ3) is 5.84. The second kappa shape index (κ2) is 12.1. The number of allylic oxidation sites excluding steroid dienone is 1. The molecule has 8 heteroatoms. The summed E-state index contributed by atoms with van der Waals surface area (Å²) in [5.41, 5.74) is 10.0. The van der Waals surface area contributed by atoms with Gasteiger partial charge < -0.3 is 24.7 Å². The fourth-order valence-electron chi connectivity index (χ4n) is 4.67. The molecule has 206 valence electrons. The zero-order chi connectivity index (χ0) is 28.9. The van der Waals surface area contributed by atoms with Crippen LogP contribution in [-0.4, -0.2) is 12.6 Å². The van der Waals surface area contributed by atoms with Crippen LogP contribution in [0.5, 0.6) is 23.0 Å². The molecule has 1 atom stereocenters. The van der Waals surface area contributed by atoms with Gasteiger partial charge in [-0.3, -0.25) is 0 Å². The highest BCUT2D eigenvalue weighted by atomic mass is 35.5. The number of benzene rings is 4. The van der Waals surface area contributed by atoms with Gasteiger partial charge in [0, 0.05) is 22.2 Å². The molecule has 7 nitrogen and oxygen atoms in total. The summed E-state index contributed by atoms with van der Waals surface area (Å²) in [6, 6.07) is 27.4. The molecule has 1 aliphatic rings. The van der Waals surface area contributed by atoms with Crippen molar-refractivity contribution in [3.8, 4) is 29.1 Å². The van der Waals surface area contributed by atoms with Crippen LogP contribution in [-0.2, 0) is 6.61 Å². The van der Waals surface area contributed by atoms with Crippen molar-refractivity contribution in [1.29, 1.82) is 5.26 Å². The van der Waals surface area contributed by atoms with Crippen LogP contribution in [0.15, 0.2) is 96.4 Å². The molecule has 41 heavy (non-hydrogen) atoms. The van der Waals surface area contributed by atoms with Gasteiger partial charge in [0.15, 0.2) is 11.5 Å². The smallest absolute Gasteiger partial charge is 0.343 e. The predicted molar refractivity (Wildman–Crippen MR) is 155 cm³/mol. The molecule has 5 rings (SSSR count). The Morgan fingerprint density at radius 1 is 1.00 bits per heavy atom. The maximum atomic E-state index is 12.8. The van der Waals surface area contributed by atoms with E-state index in [0.29, 0.717) is 45.8 Å². The molecule has 0 spiro atoms. The van der Waals surface area contributed by atoms with Gasteiger partial charge >= 0.3 is 5.97 Å². The van der Waals surface area contributed by atoms with Crippen LogP contribution in [0.1, 0.15) is 45.5 Å². The summed E-state index contributed by atoms with van der Waals surface area (Å²) in [5.74, 6) is 0.693. The summed E-state index contributed by atoms with van der Waals surface area (Å²) in [5, 5.41) is 10.6. The van der Waals surface area contributed by atoms with E-state index in [0.717, 1.165) is 16.7 Å². The van der Waals surface area contributed by atoms with E-state index >= 15 is 0 Å². The number of ether oxygens (including phenoxy) is 4. The Bertz CT molecular complexity index is 1690. The first-order valence-corrected chi connectivity index (χ1v) is 13.4. The number of nitrogens with two attached hydrogens (primary N) is 1. The lowest BCUT2D eigenvalue weighted by atomic mass is 9.83. The van der Waals surface area contributed by atoms with Gasteiger partial charge in [-0.25, -0.2) is 4.79 Å². The second-order valence-electron chi connectivity index (χ2n) is 9.35. The number of aryl methyl sites for hydroxylation is 1. The molecule has 0 aliphatic carbocycles. The third-order valence-corrected chi connectivity index (χ3v) is 7.08. The standard InChI is InChI=1S/C33H27ClN2O5/c1-3-38-30-16-21(12-15-28(30)39-19-22-9-5-7-11-27(22)34)31-25-14-13-23(17-29(25)41-32(36)26(31)18-35)40-33(37)24-10-6-4-8-20(24)2/h4-17,31H,3,19,36H2,1-2H3. The minimum absolute atomic E-state index is 0.0237. The number of carbonyl (C=O) groups excluding carboxylic acids is 1. The Balaban J connectivity index is 1.46. The van der Waals surface area contributed by atoms with Crippen molar-refractivity contribution in [2.45, 2.75) is 26.4 Å². The molecule has 0 fully saturated rings. The summed E-state index contributed by atoms with van der Waals surface area (Å²) < 4.78 is 23.4. The summed E-state index contributed by atoms with van der Waals surface area (Å²) in [6.07, 6.45) is 0. The van der Waals surface area contributed by atoms with Crippen molar-refractivity contribution in [3.05, 3.63) is 129 Å². The van der Waals surface area contributed by atoms with Gasteiger partial charge in [0.25, 0.3) is 0 Å². The number of nitrogens with zero attached hydrogens (tertiary/aromatic N) is 1. The van der Waals surface area contributed by atoms with Crippen LogP contribution in [0.2, 0.25) is 5.02 Å². The van der Waals surface area contributed by atoms with E-state index in [9.17, 15) is 10.1 Å². The summed E-state index contributed by atoms with van der Waals surface area (Å²) >= 11 is 6.29. The molecule has 0 bridgehead atoms. The van der Waals surface area contributed by atoms with Crippen LogP contribution in [0.3, 0.4) is 0 Å². The highest BCUT2D eigenvalue weighted by Crippen LogP contribution is 2.45. The van der Waals surface area contributed by atoms with Crippen molar-refractivity contribution in [2.75, 3.05) is 6.61 Å². The molecular weight excluding hydrogens is 540 g/mol. The second-order valence-corrected chi connectivity index (χ2v) is 9.76. The number of esters is 1. The Hall–Kier alpha value is -4.93. The van der Waals surface area contributed by atoms with E-state index in [1.807, 2.05) is 62.4 Å². The van der Waals surface area contributed by atoms with E-state index < -0.39 is 11.9 Å². The fraction of sp³-hybridized carbons (Fsp3) is 0.152. The predicted octanol–water partition coefficient (Wildman–Crippen LogP) is 7.06.